The minimum absolute atomic E-state index is 0.0133. The number of nitrogens with one attached hydrogen (secondary N) is 1. The lowest BCUT2D eigenvalue weighted by Crippen LogP contribution is -2.42. The second-order valence-corrected chi connectivity index (χ2v) is 3.88. The molecule has 6 nitrogen and oxygen atoms in total. The molecule has 0 atom stereocenters. The lowest BCUT2D eigenvalue weighted by molar-refractivity contribution is -0.0721. The molecular formula is C9H14N4O2. The SMILES string of the molecule is COC1(Cc2nc(N)nc(=O)[nH]2)CCC1. The molecule has 1 aromatic heterocycles. The van der Waals surface area contributed by atoms with Gasteiger partial charge >= 0.3 is 5.69 Å². The van der Waals surface area contributed by atoms with Crippen molar-refractivity contribution < 1.29 is 4.74 Å². The first-order valence-corrected chi connectivity index (χ1v) is 4.91. The molecule has 2 rings (SSSR count). The van der Waals surface area contributed by atoms with E-state index in [1.165, 1.54) is 0 Å². The Balaban J connectivity index is 2.20. The molecule has 0 aromatic carbocycles. The summed E-state index contributed by atoms with van der Waals surface area (Å²) in [5, 5.41) is 0. The quantitative estimate of drug-likeness (QED) is 0.724. The highest BCUT2D eigenvalue weighted by molar-refractivity contribution is 5.14. The van der Waals surface area contributed by atoms with Gasteiger partial charge in [-0.2, -0.15) is 9.97 Å². The summed E-state index contributed by atoms with van der Waals surface area (Å²) in [6.07, 6.45) is 3.73. The summed E-state index contributed by atoms with van der Waals surface area (Å²) in [7, 11) is 1.68. The standard InChI is InChI=1S/C9H14N4O2/c1-15-9(3-2-4-9)5-6-11-7(10)13-8(14)12-6/h2-5H2,1H3,(H3,10,11,12,13,14). The Morgan fingerprint density at radius 3 is 2.73 bits per heavy atom. The van der Waals surface area contributed by atoms with E-state index >= 15 is 0 Å². The molecule has 1 aromatic rings. The molecule has 0 amide bonds. The van der Waals surface area contributed by atoms with Crippen LogP contribution in [0.15, 0.2) is 4.79 Å². The van der Waals surface area contributed by atoms with Crippen LogP contribution in [0.3, 0.4) is 0 Å². The van der Waals surface area contributed by atoms with E-state index in [1.807, 2.05) is 0 Å². The first kappa shape index (κ1) is 10.1. The topological polar surface area (TPSA) is 93.9 Å². The minimum Gasteiger partial charge on any atom is -0.378 e. The highest BCUT2D eigenvalue weighted by Crippen LogP contribution is 2.37. The van der Waals surface area contributed by atoms with Gasteiger partial charge in [-0.3, -0.25) is 4.98 Å². The van der Waals surface area contributed by atoms with Gasteiger partial charge in [0.1, 0.15) is 5.82 Å². The van der Waals surface area contributed by atoms with E-state index in [4.69, 9.17) is 10.5 Å². The second-order valence-electron chi connectivity index (χ2n) is 3.88. The number of hydrogen-bond donors (Lipinski definition) is 2. The van der Waals surface area contributed by atoms with Gasteiger partial charge in [-0.05, 0) is 19.3 Å². The van der Waals surface area contributed by atoms with Crippen molar-refractivity contribution in [3.05, 3.63) is 16.3 Å². The molecule has 15 heavy (non-hydrogen) atoms. The van der Waals surface area contributed by atoms with E-state index in [0.717, 1.165) is 19.3 Å². The van der Waals surface area contributed by atoms with Crippen LogP contribution in [0.4, 0.5) is 5.95 Å². The number of H-pyrrole nitrogens is 1. The number of methoxy groups -OCH3 is 1. The number of aromatic amines is 1. The fourth-order valence-electron chi connectivity index (χ4n) is 1.86. The average molecular weight is 210 g/mol. The van der Waals surface area contributed by atoms with Crippen LogP contribution in [0.1, 0.15) is 25.1 Å². The highest BCUT2D eigenvalue weighted by Gasteiger charge is 2.37. The van der Waals surface area contributed by atoms with Crippen LogP contribution < -0.4 is 11.4 Å². The van der Waals surface area contributed by atoms with Crippen molar-refractivity contribution in [1.29, 1.82) is 0 Å². The zero-order valence-electron chi connectivity index (χ0n) is 8.62. The third-order valence-electron chi connectivity index (χ3n) is 2.90. The maximum atomic E-state index is 11.1. The maximum Gasteiger partial charge on any atom is 0.349 e. The molecule has 1 saturated carbocycles. The smallest absolute Gasteiger partial charge is 0.349 e. The number of anilines is 1. The average Bonchev–Trinajstić information content (AvgIpc) is 2.10. The molecule has 3 N–H and O–H groups in total. The normalized spacial score (nSPS) is 18.5. The van der Waals surface area contributed by atoms with Gasteiger partial charge in [-0.15, -0.1) is 0 Å². The Kier molecular flexibility index (Phi) is 2.44. The monoisotopic (exact) mass is 210 g/mol. The largest absolute Gasteiger partial charge is 0.378 e. The van der Waals surface area contributed by atoms with Gasteiger partial charge in [-0.1, -0.05) is 0 Å². The van der Waals surface area contributed by atoms with Crippen molar-refractivity contribution in [1.82, 2.24) is 15.0 Å². The summed E-state index contributed by atoms with van der Waals surface area (Å²) in [6, 6.07) is 0. The zero-order valence-corrected chi connectivity index (χ0v) is 8.62. The molecule has 0 spiro atoms. The summed E-state index contributed by atoms with van der Waals surface area (Å²) in [5.74, 6) is 0.563. The fourth-order valence-corrected chi connectivity index (χ4v) is 1.86. The number of aromatic nitrogens is 3. The molecule has 0 unspecified atom stereocenters. The highest BCUT2D eigenvalue weighted by atomic mass is 16.5. The van der Waals surface area contributed by atoms with Crippen molar-refractivity contribution in [3.8, 4) is 0 Å². The molecule has 0 bridgehead atoms. The summed E-state index contributed by atoms with van der Waals surface area (Å²) >= 11 is 0. The van der Waals surface area contributed by atoms with Crippen molar-refractivity contribution >= 4 is 5.95 Å². The van der Waals surface area contributed by atoms with Crippen molar-refractivity contribution in [3.63, 3.8) is 0 Å². The summed E-state index contributed by atoms with van der Waals surface area (Å²) < 4.78 is 5.43. The minimum atomic E-state index is -0.455. The van der Waals surface area contributed by atoms with Gasteiger partial charge in [0.25, 0.3) is 0 Å². The molecule has 0 aliphatic heterocycles. The van der Waals surface area contributed by atoms with Gasteiger partial charge in [0.15, 0.2) is 0 Å². The molecule has 1 heterocycles. The molecule has 82 valence electrons. The number of nitrogen functional groups attached to an aromatic ring is 1. The Labute approximate surface area is 86.9 Å². The zero-order chi connectivity index (χ0) is 10.9. The lowest BCUT2D eigenvalue weighted by atomic mass is 9.77. The van der Waals surface area contributed by atoms with E-state index in [0.29, 0.717) is 12.2 Å². The van der Waals surface area contributed by atoms with Gasteiger partial charge in [-0.25, -0.2) is 4.79 Å². The third-order valence-corrected chi connectivity index (χ3v) is 2.90. The maximum absolute atomic E-state index is 11.1. The van der Waals surface area contributed by atoms with Crippen molar-refractivity contribution in [2.24, 2.45) is 0 Å². The predicted octanol–water partition coefficient (Wildman–Crippen LogP) is -0.141. The first-order valence-electron chi connectivity index (χ1n) is 4.91. The molecule has 0 saturated heterocycles. The Hall–Kier alpha value is -1.43. The van der Waals surface area contributed by atoms with Gasteiger partial charge in [0.2, 0.25) is 5.95 Å². The summed E-state index contributed by atoms with van der Waals surface area (Å²) in [6.45, 7) is 0. The van der Waals surface area contributed by atoms with E-state index in [1.54, 1.807) is 7.11 Å². The molecule has 0 radical (unpaired) electrons. The summed E-state index contributed by atoms with van der Waals surface area (Å²) in [4.78, 5) is 21.1. The van der Waals surface area contributed by atoms with Gasteiger partial charge in [0.05, 0.1) is 5.60 Å². The van der Waals surface area contributed by atoms with Gasteiger partial charge in [0, 0.05) is 13.5 Å². The first-order chi connectivity index (χ1) is 7.13. The Morgan fingerprint density at radius 1 is 1.53 bits per heavy atom. The Bertz CT molecular complexity index is 405. The van der Waals surface area contributed by atoms with Crippen LogP contribution >= 0.6 is 0 Å². The molecule has 1 fully saturated rings. The van der Waals surface area contributed by atoms with Gasteiger partial charge < -0.3 is 10.5 Å². The number of hydrogen-bond acceptors (Lipinski definition) is 5. The summed E-state index contributed by atoms with van der Waals surface area (Å²) in [5.41, 5.74) is 4.78. The molecule has 6 heteroatoms. The number of rotatable bonds is 3. The Morgan fingerprint density at radius 2 is 2.27 bits per heavy atom. The van der Waals surface area contributed by atoms with Crippen LogP contribution in [-0.4, -0.2) is 27.7 Å². The molecular weight excluding hydrogens is 196 g/mol. The number of nitrogens with zero attached hydrogens (tertiary/aromatic N) is 2. The van der Waals surface area contributed by atoms with Crippen LogP contribution in [0.5, 0.6) is 0 Å². The second kappa shape index (κ2) is 3.62. The van der Waals surface area contributed by atoms with Crippen LogP contribution in [0.2, 0.25) is 0 Å². The van der Waals surface area contributed by atoms with Crippen LogP contribution in [-0.2, 0) is 11.2 Å². The number of ether oxygens (including phenoxy) is 1. The predicted molar refractivity (Wildman–Crippen MR) is 54.4 cm³/mol. The van der Waals surface area contributed by atoms with Crippen LogP contribution in [0.25, 0.3) is 0 Å². The van der Waals surface area contributed by atoms with Crippen LogP contribution in [0, 0.1) is 0 Å². The van der Waals surface area contributed by atoms with Crippen molar-refractivity contribution in [2.45, 2.75) is 31.3 Å². The fraction of sp³-hybridized carbons (Fsp3) is 0.667. The van der Waals surface area contributed by atoms with E-state index in [9.17, 15) is 4.79 Å². The van der Waals surface area contributed by atoms with E-state index in [-0.39, 0.29) is 11.5 Å². The number of nitrogens with two attached hydrogens (primary N) is 1. The van der Waals surface area contributed by atoms with Crippen molar-refractivity contribution in [2.75, 3.05) is 12.8 Å². The third kappa shape index (κ3) is 1.99. The molecule has 1 aliphatic carbocycles. The molecule has 1 aliphatic rings. The van der Waals surface area contributed by atoms with E-state index in [2.05, 4.69) is 15.0 Å². The lowest BCUT2D eigenvalue weighted by Gasteiger charge is -2.40. The van der Waals surface area contributed by atoms with E-state index < -0.39 is 5.69 Å².